The summed E-state index contributed by atoms with van der Waals surface area (Å²) in [5, 5.41) is 16.3. The lowest BCUT2D eigenvalue weighted by Gasteiger charge is -2.37. The zero-order valence-corrected chi connectivity index (χ0v) is 21.8. The first-order chi connectivity index (χ1) is 15.8. The molecule has 33 heavy (non-hydrogen) atoms. The molecule has 7 nitrogen and oxygen atoms in total. The fraction of sp³-hybridized carbons (Fsp3) is 0.609. The van der Waals surface area contributed by atoms with Crippen LogP contribution in [0.15, 0.2) is 24.3 Å². The maximum absolute atomic E-state index is 13.9. The number of thioether (sulfide) groups is 1. The normalized spacial score (nSPS) is 33.2. The van der Waals surface area contributed by atoms with Crippen molar-refractivity contribution in [2.24, 2.45) is 11.8 Å². The Bertz CT molecular complexity index is 948. The van der Waals surface area contributed by atoms with Crippen molar-refractivity contribution in [1.29, 1.82) is 0 Å². The van der Waals surface area contributed by atoms with Crippen LogP contribution in [0.3, 0.4) is 0 Å². The molecule has 3 aliphatic heterocycles. The van der Waals surface area contributed by atoms with Crippen molar-refractivity contribution in [3.63, 3.8) is 0 Å². The second kappa shape index (κ2) is 9.76. The van der Waals surface area contributed by atoms with Crippen molar-refractivity contribution in [1.82, 2.24) is 10.2 Å². The second-order valence-electron chi connectivity index (χ2n) is 8.91. The highest BCUT2D eigenvalue weighted by atomic mass is 79.9. The number of amides is 3. The van der Waals surface area contributed by atoms with E-state index < -0.39 is 28.7 Å². The molecule has 0 aliphatic carbocycles. The van der Waals surface area contributed by atoms with Gasteiger partial charge in [0.25, 0.3) is 0 Å². The number of para-hydroxylation sites is 1. The van der Waals surface area contributed by atoms with Crippen LogP contribution in [0.2, 0.25) is 5.02 Å². The first-order valence-corrected chi connectivity index (χ1v) is 13.6. The number of rotatable bonds is 8. The molecule has 7 atom stereocenters. The number of nitrogens with zero attached hydrogens (tertiary/aromatic N) is 1. The molecule has 180 valence electrons. The number of likely N-dealkylation sites (tertiary alicyclic amines) is 1. The van der Waals surface area contributed by atoms with Crippen molar-refractivity contribution < 1.29 is 19.5 Å². The number of halogens is 2. The van der Waals surface area contributed by atoms with Gasteiger partial charge in [0.05, 0.1) is 39.9 Å². The highest BCUT2D eigenvalue weighted by Gasteiger charge is 2.76. The van der Waals surface area contributed by atoms with Gasteiger partial charge in [-0.25, -0.2) is 0 Å². The average molecular weight is 559 g/mol. The van der Waals surface area contributed by atoms with Crippen LogP contribution in [0.4, 0.5) is 5.69 Å². The predicted octanol–water partition coefficient (Wildman–Crippen LogP) is 3.04. The third-order valence-electron chi connectivity index (χ3n) is 7.03. The molecule has 0 saturated carbocycles. The molecule has 3 N–H and O–H groups in total. The van der Waals surface area contributed by atoms with Crippen molar-refractivity contribution in [2.45, 2.75) is 60.0 Å². The molecule has 1 spiro atoms. The summed E-state index contributed by atoms with van der Waals surface area (Å²) in [6.45, 7) is 4.16. The number of carbonyl (C=O) groups excluding carboxylic acids is 3. The Kier molecular flexibility index (Phi) is 7.34. The highest BCUT2D eigenvalue weighted by molar-refractivity contribution is 9.09. The number of hydrogen-bond donors (Lipinski definition) is 3. The monoisotopic (exact) mass is 557 g/mol. The van der Waals surface area contributed by atoms with Gasteiger partial charge in [-0.2, -0.15) is 0 Å². The fourth-order valence-electron chi connectivity index (χ4n) is 5.60. The van der Waals surface area contributed by atoms with E-state index in [9.17, 15) is 19.5 Å². The quantitative estimate of drug-likeness (QED) is 0.426. The summed E-state index contributed by atoms with van der Waals surface area (Å²) < 4.78 is -0.752. The van der Waals surface area contributed by atoms with Crippen molar-refractivity contribution >= 4 is 62.7 Å². The van der Waals surface area contributed by atoms with Crippen molar-refractivity contribution in [2.75, 3.05) is 18.5 Å². The Morgan fingerprint density at radius 3 is 2.70 bits per heavy atom. The number of carbonyl (C=O) groups is 3. The topological polar surface area (TPSA) is 98.7 Å². The third-order valence-corrected chi connectivity index (χ3v) is 10.6. The summed E-state index contributed by atoms with van der Waals surface area (Å²) in [7, 11) is 0. The van der Waals surface area contributed by atoms with Crippen LogP contribution in [0.25, 0.3) is 0 Å². The number of nitrogens with one attached hydrogen (secondary N) is 2. The Balaban J connectivity index is 1.75. The standard InChI is InChI=1S/C23H29BrClN3O4S/c1-3-9-26-20(30)16-17-22(32)28(12(4-2)11-29)19(23(17)10-13(24)18(16)33-23)21(31)27-15-8-6-5-7-14(15)25/h5-8,12-13,16-19,29H,3-4,9-11H2,1-2H3,(H,26,30)(H,27,31)/t12-,13?,16-,17-,18-,19?,23?/m0/s1. The largest absolute Gasteiger partial charge is 0.394 e. The SMILES string of the molecule is CCCNC(=O)[C@H]1[C@H]2C(=O)N([C@@H](CC)CO)C(C(=O)Nc3ccccc3Cl)C23CC(Br)[C@@H]1S3. The minimum atomic E-state index is -0.817. The van der Waals surface area contributed by atoms with E-state index in [2.05, 4.69) is 26.6 Å². The molecular formula is C23H29BrClN3O4S. The molecule has 1 aromatic rings. The molecule has 0 aromatic heterocycles. The molecule has 3 fully saturated rings. The molecule has 0 radical (unpaired) electrons. The van der Waals surface area contributed by atoms with Gasteiger partial charge in [-0.3, -0.25) is 14.4 Å². The molecule has 4 rings (SSSR count). The van der Waals surface area contributed by atoms with E-state index in [4.69, 9.17) is 11.6 Å². The first-order valence-electron chi connectivity index (χ1n) is 11.4. The predicted molar refractivity (Wildman–Crippen MR) is 134 cm³/mol. The van der Waals surface area contributed by atoms with Crippen LogP contribution in [0.5, 0.6) is 0 Å². The Labute approximate surface area is 211 Å². The van der Waals surface area contributed by atoms with Crippen molar-refractivity contribution in [3.8, 4) is 0 Å². The van der Waals surface area contributed by atoms with Crippen LogP contribution < -0.4 is 10.6 Å². The van der Waals surface area contributed by atoms with E-state index in [0.29, 0.717) is 30.1 Å². The zero-order valence-electron chi connectivity index (χ0n) is 18.6. The molecular weight excluding hydrogens is 530 g/mol. The summed E-state index contributed by atoms with van der Waals surface area (Å²) in [5.74, 6) is -1.83. The minimum Gasteiger partial charge on any atom is -0.394 e. The lowest BCUT2D eigenvalue weighted by atomic mass is 9.70. The number of hydrogen-bond acceptors (Lipinski definition) is 5. The smallest absolute Gasteiger partial charge is 0.248 e. The molecule has 10 heteroatoms. The summed E-state index contributed by atoms with van der Waals surface area (Å²) >= 11 is 11.6. The summed E-state index contributed by atoms with van der Waals surface area (Å²) in [4.78, 5) is 42.3. The van der Waals surface area contributed by atoms with Crippen LogP contribution >= 0.6 is 39.3 Å². The van der Waals surface area contributed by atoms with Gasteiger partial charge in [0.15, 0.2) is 0 Å². The molecule has 3 aliphatic rings. The second-order valence-corrected chi connectivity index (χ2v) is 12.0. The Morgan fingerprint density at radius 1 is 1.33 bits per heavy atom. The van der Waals surface area contributed by atoms with Crippen LogP contribution in [-0.2, 0) is 14.4 Å². The third kappa shape index (κ3) is 3.98. The van der Waals surface area contributed by atoms with Gasteiger partial charge in [-0.1, -0.05) is 53.5 Å². The van der Waals surface area contributed by atoms with E-state index in [1.54, 1.807) is 40.9 Å². The Hall–Kier alpha value is -1.29. The molecule has 3 unspecified atom stereocenters. The summed E-state index contributed by atoms with van der Waals surface area (Å²) in [6.07, 6.45) is 1.89. The van der Waals surface area contributed by atoms with E-state index in [1.165, 1.54) is 0 Å². The number of alkyl halides is 1. The molecule has 2 bridgehead atoms. The Morgan fingerprint density at radius 2 is 2.06 bits per heavy atom. The van der Waals surface area contributed by atoms with Gasteiger partial charge in [-0.15, -0.1) is 11.8 Å². The van der Waals surface area contributed by atoms with Gasteiger partial charge in [0.1, 0.15) is 6.04 Å². The maximum atomic E-state index is 13.9. The van der Waals surface area contributed by atoms with Gasteiger partial charge in [0.2, 0.25) is 17.7 Å². The summed E-state index contributed by atoms with van der Waals surface area (Å²) in [5.41, 5.74) is 0.471. The average Bonchev–Trinajstić information content (AvgIpc) is 3.38. The molecule has 1 aromatic carbocycles. The fourth-order valence-corrected chi connectivity index (χ4v) is 9.39. The van der Waals surface area contributed by atoms with Gasteiger partial charge in [-0.05, 0) is 31.4 Å². The maximum Gasteiger partial charge on any atom is 0.248 e. The van der Waals surface area contributed by atoms with Crippen LogP contribution in [0, 0.1) is 11.8 Å². The van der Waals surface area contributed by atoms with E-state index in [1.807, 2.05) is 13.8 Å². The van der Waals surface area contributed by atoms with Crippen LogP contribution in [-0.4, -0.2) is 67.8 Å². The lowest BCUT2D eigenvalue weighted by Crippen LogP contribution is -2.55. The number of fused-ring (bicyclic) bond motifs is 1. The molecule has 3 amide bonds. The number of benzene rings is 1. The lowest BCUT2D eigenvalue weighted by molar-refractivity contribution is -0.142. The molecule has 3 heterocycles. The highest BCUT2D eigenvalue weighted by Crippen LogP contribution is 2.68. The van der Waals surface area contributed by atoms with E-state index in [0.717, 1.165) is 6.42 Å². The number of aliphatic hydroxyl groups is 1. The summed E-state index contributed by atoms with van der Waals surface area (Å²) in [6, 6.07) is 5.64. The number of aliphatic hydroxyl groups excluding tert-OH is 1. The first kappa shape index (κ1) is 24.8. The van der Waals surface area contributed by atoms with E-state index in [-0.39, 0.29) is 34.4 Å². The zero-order chi connectivity index (χ0) is 23.9. The number of anilines is 1. The minimum absolute atomic E-state index is 0.00805. The van der Waals surface area contributed by atoms with Crippen LogP contribution in [0.1, 0.15) is 33.1 Å². The van der Waals surface area contributed by atoms with Gasteiger partial charge < -0.3 is 20.6 Å². The van der Waals surface area contributed by atoms with Gasteiger partial charge >= 0.3 is 0 Å². The van der Waals surface area contributed by atoms with Gasteiger partial charge in [0, 0.05) is 16.6 Å². The van der Waals surface area contributed by atoms with E-state index >= 15 is 0 Å². The molecule has 3 saturated heterocycles. The van der Waals surface area contributed by atoms with Crippen molar-refractivity contribution in [3.05, 3.63) is 29.3 Å².